The molecule has 1 fully saturated rings. The molecule has 7 heteroatoms. The quantitative estimate of drug-likeness (QED) is 0.492. The van der Waals surface area contributed by atoms with Crippen LogP contribution in [0.4, 0.5) is 17.3 Å². The number of hydrogen-bond donors (Lipinski definition) is 2. The van der Waals surface area contributed by atoms with Crippen LogP contribution in [0, 0.1) is 15.5 Å². The molecule has 1 aromatic rings. The Kier molecular flexibility index (Phi) is 3.57. The summed E-state index contributed by atoms with van der Waals surface area (Å²) in [7, 11) is 0. The second-order valence-electron chi connectivity index (χ2n) is 5.66. The summed E-state index contributed by atoms with van der Waals surface area (Å²) < 4.78 is 0. The van der Waals surface area contributed by atoms with Gasteiger partial charge in [-0.05, 0) is 18.3 Å². The van der Waals surface area contributed by atoms with Crippen molar-refractivity contribution >= 4 is 17.3 Å². The molecule has 104 valence electrons. The summed E-state index contributed by atoms with van der Waals surface area (Å²) in [6.45, 7) is 6.09. The number of nitrogen functional groups attached to an aromatic ring is 1. The van der Waals surface area contributed by atoms with Crippen molar-refractivity contribution < 1.29 is 4.92 Å². The van der Waals surface area contributed by atoms with Gasteiger partial charge in [-0.1, -0.05) is 13.8 Å². The summed E-state index contributed by atoms with van der Waals surface area (Å²) in [5, 5.41) is 10.9. The van der Waals surface area contributed by atoms with Gasteiger partial charge >= 0.3 is 0 Å². The predicted molar refractivity (Wildman–Crippen MR) is 73.9 cm³/mol. The highest BCUT2D eigenvalue weighted by atomic mass is 16.6. The van der Waals surface area contributed by atoms with Crippen LogP contribution >= 0.6 is 0 Å². The largest absolute Gasteiger partial charge is 0.356 e. The van der Waals surface area contributed by atoms with Crippen LogP contribution < -0.4 is 16.2 Å². The SMILES string of the molecule is CC1(C)CCCN(c2cc([N+](=O)[O-])cc(NN)n2)C1. The molecule has 2 heterocycles. The van der Waals surface area contributed by atoms with Crippen LogP contribution in [0.25, 0.3) is 0 Å². The minimum Gasteiger partial charge on any atom is -0.356 e. The number of nitrogens with zero attached hydrogens (tertiary/aromatic N) is 3. The van der Waals surface area contributed by atoms with Crippen LogP contribution in [0.2, 0.25) is 0 Å². The number of hydrazine groups is 1. The van der Waals surface area contributed by atoms with Crippen LogP contribution in [0.15, 0.2) is 12.1 Å². The van der Waals surface area contributed by atoms with Crippen molar-refractivity contribution in [3.05, 3.63) is 22.2 Å². The van der Waals surface area contributed by atoms with E-state index in [0.717, 1.165) is 25.9 Å². The fourth-order valence-corrected chi connectivity index (χ4v) is 2.46. The molecule has 1 saturated heterocycles. The van der Waals surface area contributed by atoms with Crippen LogP contribution in [0.1, 0.15) is 26.7 Å². The Morgan fingerprint density at radius 3 is 2.84 bits per heavy atom. The van der Waals surface area contributed by atoms with Gasteiger partial charge in [0.1, 0.15) is 11.6 Å². The van der Waals surface area contributed by atoms with Gasteiger partial charge in [0.25, 0.3) is 5.69 Å². The average molecular weight is 265 g/mol. The van der Waals surface area contributed by atoms with Crippen LogP contribution in [-0.2, 0) is 0 Å². The molecule has 0 aromatic carbocycles. The Morgan fingerprint density at radius 1 is 1.53 bits per heavy atom. The number of anilines is 2. The Morgan fingerprint density at radius 2 is 2.26 bits per heavy atom. The summed E-state index contributed by atoms with van der Waals surface area (Å²) in [4.78, 5) is 16.9. The molecule has 0 aliphatic carbocycles. The maximum Gasteiger partial charge on any atom is 0.276 e. The normalized spacial score (nSPS) is 18.2. The van der Waals surface area contributed by atoms with Crippen molar-refractivity contribution in [3.8, 4) is 0 Å². The number of pyridine rings is 1. The molecule has 2 rings (SSSR count). The molecular formula is C12H19N5O2. The second-order valence-corrected chi connectivity index (χ2v) is 5.66. The monoisotopic (exact) mass is 265 g/mol. The van der Waals surface area contributed by atoms with Crippen molar-refractivity contribution in [2.45, 2.75) is 26.7 Å². The molecule has 0 bridgehead atoms. The zero-order chi connectivity index (χ0) is 14.0. The number of nitrogens with two attached hydrogens (primary N) is 1. The third-order valence-electron chi connectivity index (χ3n) is 3.38. The maximum atomic E-state index is 10.9. The third-order valence-corrected chi connectivity index (χ3v) is 3.38. The molecule has 0 atom stereocenters. The van der Waals surface area contributed by atoms with E-state index < -0.39 is 4.92 Å². The summed E-state index contributed by atoms with van der Waals surface area (Å²) >= 11 is 0. The van der Waals surface area contributed by atoms with E-state index in [0.29, 0.717) is 11.6 Å². The topological polar surface area (TPSA) is 97.3 Å². The molecule has 1 aliphatic rings. The van der Waals surface area contributed by atoms with Crippen molar-refractivity contribution in [3.63, 3.8) is 0 Å². The summed E-state index contributed by atoms with van der Waals surface area (Å²) in [5.74, 6) is 6.24. The fraction of sp³-hybridized carbons (Fsp3) is 0.583. The Hall–Kier alpha value is -1.89. The number of nitro groups is 1. The Labute approximate surface area is 111 Å². The van der Waals surface area contributed by atoms with Crippen molar-refractivity contribution in [1.82, 2.24) is 4.98 Å². The first-order chi connectivity index (χ1) is 8.91. The summed E-state index contributed by atoms with van der Waals surface area (Å²) in [6, 6.07) is 2.83. The van der Waals surface area contributed by atoms with E-state index in [-0.39, 0.29) is 11.1 Å². The number of rotatable bonds is 3. The van der Waals surface area contributed by atoms with E-state index in [1.54, 1.807) is 0 Å². The standard InChI is InChI=1S/C12H19N5O2/c1-12(2)4-3-5-16(8-12)11-7-9(17(18)19)6-10(14-11)15-13/h6-7H,3-5,8,13H2,1-2H3,(H,14,15). The average Bonchev–Trinajstić information content (AvgIpc) is 2.37. The molecule has 0 radical (unpaired) electrons. The third kappa shape index (κ3) is 3.11. The van der Waals surface area contributed by atoms with E-state index in [1.165, 1.54) is 12.1 Å². The zero-order valence-electron chi connectivity index (χ0n) is 11.2. The fourth-order valence-electron chi connectivity index (χ4n) is 2.46. The molecule has 0 unspecified atom stereocenters. The highest BCUT2D eigenvalue weighted by molar-refractivity contribution is 5.55. The molecule has 3 N–H and O–H groups in total. The second kappa shape index (κ2) is 5.00. The number of hydrogen-bond acceptors (Lipinski definition) is 6. The Bertz CT molecular complexity index is 489. The molecule has 1 aromatic heterocycles. The van der Waals surface area contributed by atoms with Crippen LogP contribution in [-0.4, -0.2) is 23.0 Å². The molecule has 19 heavy (non-hydrogen) atoms. The van der Waals surface area contributed by atoms with E-state index in [9.17, 15) is 10.1 Å². The molecule has 0 saturated carbocycles. The van der Waals surface area contributed by atoms with Gasteiger partial charge in [-0.3, -0.25) is 10.1 Å². The van der Waals surface area contributed by atoms with Crippen molar-refractivity contribution in [2.75, 3.05) is 23.4 Å². The van der Waals surface area contributed by atoms with Crippen LogP contribution in [0.3, 0.4) is 0 Å². The van der Waals surface area contributed by atoms with E-state index >= 15 is 0 Å². The maximum absolute atomic E-state index is 10.9. The van der Waals surface area contributed by atoms with Gasteiger partial charge < -0.3 is 10.3 Å². The summed E-state index contributed by atoms with van der Waals surface area (Å²) in [5.41, 5.74) is 2.58. The van der Waals surface area contributed by atoms with E-state index in [4.69, 9.17) is 5.84 Å². The lowest BCUT2D eigenvalue weighted by Gasteiger charge is -2.38. The molecule has 0 spiro atoms. The minimum absolute atomic E-state index is 0.00123. The van der Waals surface area contributed by atoms with Gasteiger partial charge in [0.05, 0.1) is 17.1 Å². The van der Waals surface area contributed by atoms with Gasteiger partial charge in [-0.2, -0.15) is 0 Å². The van der Waals surface area contributed by atoms with Gasteiger partial charge in [0, 0.05) is 13.1 Å². The first kappa shape index (κ1) is 13.5. The van der Waals surface area contributed by atoms with E-state index in [2.05, 4.69) is 29.2 Å². The molecular weight excluding hydrogens is 246 g/mol. The molecule has 7 nitrogen and oxygen atoms in total. The zero-order valence-corrected chi connectivity index (χ0v) is 11.2. The highest BCUT2D eigenvalue weighted by Crippen LogP contribution is 2.32. The lowest BCUT2D eigenvalue weighted by atomic mass is 9.84. The van der Waals surface area contributed by atoms with Gasteiger partial charge in [-0.25, -0.2) is 10.8 Å². The molecule has 1 aliphatic heterocycles. The first-order valence-corrected chi connectivity index (χ1v) is 6.29. The lowest BCUT2D eigenvalue weighted by molar-refractivity contribution is -0.384. The highest BCUT2D eigenvalue weighted by Gasteiger charge is 2.28. The van der Waals surface area contributed by atoms with Crippen LogP contribution in [0.5, 0.6) is 0 Å². The number of aromatic nitrogens is 1. The predicted octanol–water partition coefficient (Wildman–Crippen LogP) is 1.90. The Balaban J connectivity index is 2.33. The van der Waals surface area contributed by atoms with Gasteiger partial charge in [-0.15, -0.1) is 0 Å². The van der Waals surface area contributed by atoms with Gasteiger partial charge in [0.15, 0.2) is 0 Å². The van der Waals surface area contributed by atoms with Crippen molar-refractivity contribution in [2.24, 2.45) is 11.3 Å². The van der Waals surface area contributed by atoms with Gasteiger partial charge in [0.2, 0.25) is 0 Å². The first-order valence-electron chi connectivity index (χ1n) is 6.29. The van der Waals surface area contributed by atoms with E-state index in [1.807, 2.05) is 0 Å². The minimum atomic E-state index is -0.429. The number of piperidine rings is 1. The lowest BCUT2D eigenvalue weighted by Crippen LogP contribution is -2.40. The number of nitrogens with one attached hydrogen (secondary N) is 1. The smallest absolute Gasteiger partial charge is 0.276 e. The van der Waals surface area contributed by atoms with Crippen molar-refractivity contribution in [1.29, 1.82) is 0 Å². The molecule has 0 amide bonds. The summed E-state index contributed by atoms with van der Waals surface area (Å²) in [6.07, 6.45) is 2.21.